The van der Waals surface area contributed by atoms with Crippen LogP contribution >= 0.6 is 11.3 Å². The highest BCUT2D eigenvalue weighted by atomic mass is 32.2. The number of hydrogen-bond acceptors (Lipinski definition) is 9. The molecule has 0 fully saturated rings. The van der Waals surface area contributed by atoms with Crippen molar-refractivity contribution in [3.05, 3.63) is 82.6 Å². The third kappa shape index (κ3) is 5.20. The van der Waals surface area contributed by atoms with E-state index < -0.39 is 16.0 Å². The minimum absolute atomic E-state index is 0.0323. The molecule has 0 aliphatic rings. The summed E-state index contributed by atoms with van der Waals surface area (Å²) in [5.74, 6) is -0.283. The lowest BCUT2D eigenvalue weighted by atomic mass is 10.2. The van der Waals surface area contributed by atoms with Crippen molar-refractivity contribution in [3.63, 3.8) is 0 Å². The molecule has 0 amide bonds. The van der Waals surface area contributed by atoms with Crippen molar-refractivity contribution in [1.82, 2.24) is 19.8 Å². The minimum atomic E-state index is -3.78. The van der Waals surface area contributed by atoms with Gasteiger partial charge in [-0.25, -0.2) is 17.9 Å². The van der Waals surface area contributed by atoms with Gasteiger partial charge in [0.2, 0.25) is 15.8 Å². The fraction of sp³-hybridized carbons (Fsp3) is 0.100. The number of pyridine rings is 1. The standard InChI is InChI=1S/C20H16N4O5S2/c25-20(28-13-18-23-19(24-29-18)15-5-2-8-21-11-15)14-4-1-7-17(10-14)31(26,27)22-12-16-6-3-9-30-16/h1-11,22H,12-13H2. The first-order valence-electron chi connectivity index (χ1n) is 9.03. The Hall–Kier alpha value is -3.41. The van der Waals surface area contributed by atoms with Crippen molar-refractivity contribution in [3.8, 4) is 11.4 Å². The van der Waals surface area contributed by atoms with E-state index in [0.29, 0.717) is 11.4 Å². The van der Waals surface area contributed by atoms with Crippen LogP contribution in [0, 0.1) is 0 Å². The fourth-order valence-electron chi connectivity index (χ4n) is 2.59. The Morgan fingerprint density at radius 1 is 1.16 bits per heavy atom. The molecule has 3 heterocycles. The van der Waals surface area contributed by atoms with Crippen molar-refractivity contribution in [2.75, 3.05) is 0 Å². The van der Waals surface area contributed by atoms with Crippen LogP contribution in [0.15, 0.2) is 75.7 Å². The average Bonchev–Trinajstić information content (AvgIpc) is 3.49. The maximum atomic E-state index is 12.5. The second-order valence-corrected chi connectivity index (χ2v) is 9.06. The molecule has 0 unspecified atom stereocenters. The smallest absolute Gasteiger partial charge is 0.338 e. The summed E-state index contributed by atoms with van der Waals surface area (Å²) in [5.41, 5.74) is 0.753. The number of rotatable bonds is 8. The summed E-state index contributed by atoms with van der Waals surface area (Å²) in [6, 6.07) is 12.8. The predicted molar refractivity (Wildman–Crippen MR) is 111 cm³/mol. The molecule has 31 heavy (non-hydrogen) atoms. The van der Waals surface area contributed by atoms with E-state index in [2.05, 4.69) is 19.8 Å². The molecule has 0 spiro atoms. The number of sulfonamides is 1. The third-order valence-corrected chi connectivity index (χ3v) is 6.39. The average molecular weight is 457 g/mol. The molecule has 1 aromatic carbocycles. The summed E-state index contributed by atoms with van der Waals surface area (Å²) < 4.78 is 37.8. The number of benzene rings is 1. The predicted octanol–water partition coefficient (Wildman–Crippen LogP) is 3.03. The van der Waals surface area contributed by atoms with E-state index >= 15 is 0 Å². The van der Waals surface area contributed by atoms with E-state index in [1.807, 2.05) is 17.5 Å². The first kappa shape index (κ1) is 20.8. The van der Waals surface area contributed by atoms with E-state index in [4.69, 9.17) is 9.26 Å². The summed E-state index contributed by atoms with van der Waals surface area (Å²) in [4.78, 5) is 21.4. The molecule has 0 radical (unpaired) electrons. The molecule has 4 rings (SSSR count). The molecule has 0 saturated carbocycles. The van der Waals surface area contributed by atoms with E-state index in [0.717, 1.165) is 4.88 Å². The second kappa shape index (κ2) is 9.16. The summed E-state index contributed by atoms with van der Waals surface area (Å²) >= 11 is 1.45. The van der Waals surface area contributed by atoms with Crippen molar-refractivity contribution in [2.24, 2.45) is 0 Å². The Bertz CT molecular complexity index is 1270. The third-order valence-electron chi connectivity index (χ3n) is 4.11. The van der Waals surface area contributed by atoms with Crippen LogP contribution in [0.2, 0.25) is 0 Å². The maximum Gasteiger partial charge on any atom is 0.338 e. The molecule has 9 nitrogen and oxygen atoms in total. The number of carbonyl (C=O) groups excluding carboxylic acids is 1. The molecular formula is C20H16N4O5S2. The number of thiophene rings is 1. The lowest BCUT2D eigenvalue weighted by Gasteiger charge is -2.07. The summed E-state index contributed by atoms with van der Waals surface area (Å²) in [5, 5.41) is 5.69. The van der Waals surface area contributed by atoms with Gasteiger partial charge in [0.15, 0.2) is 6.61 Å². The van der Waals surface area contributed by atoms with E-state index in [1.54, 1.807) is 24.5 Å². The van der Waals surface area contributed by atoms with Crippen LogP contribution < -0.4 is 4.72 Å². The lowest BCUT2D eigenvalue weighted by Crippen LogP contribution is -2.23. The normalized spacial score (nSPS) is 11.4. The number of nitrogens with zero attached hydrogens (tertiary/aromatic N) is 3. The zero-order chi connectivity index (χ0) is 21.7. The van der Waals surface area contributed by atoms with Gasteiger partial charge in [-0.3, -0.25) is 4.98 Å². The van der Waals surface area contributed by atoms with Crippen LogP contribution in [-0.2, 0) is 27.9 Å². The van der Waals surface area contributed by atoms with E-state index in [1.165, 1.54) is 35.6 Å². The van der Waals surface area contributed by atoms with E-state index in [9.17, 15) is 13.2 Å². The molecule has 4 aromatic rings. The number of carbonyl (C=O) groups is 1. The molecule has 0 bridgehead atoms. The first-order valence-corrected chi connectivity index (χ1v) is 11.4. The number of aromatic nitrogens is 3. The van der Waals surface area contributed by atoms with Gasteiger partial charge in [-0.1, -0.05) is 17.3 Å². The number of nitrogens with one attached hydrogen (secondary N) is 1. The molecule has 0 aliphatic carbocycles. The van der Waals surface area contributed by atoms with Gasteiger partial charge in [-0.15, -0.1) is 11.3 Å². The van der Waals surface area contributed by atoms with Crippen LogP contribution in [-0.4, -0.2) is 29.5 Å². The molecule has 11 heteroatoms. The first-order chi connectivity index (χ1) is 15.0. The van der Waals surface area contributed by atoms with Crippen molar-refractivity contribution < 1.29 is 22.5 Å². The Balaban J connectivity index is 1.39. The summed E-state index contributed by atoms with van der Waals surface area (Å²) in [6.45, 7) is -0.0786. The van der Waals surface area contributed by atoms with Crippen molar-refractivity contribution in [1.29, 1.82) is 0 Å². The fourth-order valence-corrected chi connectivity index (χ4v) is 4.38. The van der Waals surface area contributed by atoms with Crippen LogP contribution in [0.4, 0.5) is 0 Å². The Morgan fingerprint density at radius 3 is 2.84 bits per heavy atom. The monoisotopic (exact) mass is 456 g/mol. The van der Waals surface area contributed by atoms with Gasteiger partial charge < -0.3 is 9.26 Å². The molecule has 0 atom stereocenters. The number of esters is 1. The Labute approximate surface area is 181 Å². The minimum Gasteiger partial charge on any atom is -0.452 e. The molecular weight excluding hydrogens is 440 g/mol. The van der Waals surface area contributed by atoms with Crippen LogP contribution in [0.5, 0.6) is 0 Å². The highest BCUT2D eigenvalue weighted by Gasteiger charge is 2.18. The Morgan fingerprint density at radius 2 is 2.06 bits per heavy atom. The Kier molecular flexibility index (Phi) is 6.16. The quantitative estimate of drug-likeness (QED) is 0.401. The highest BCUT2D eigenvalue weighted by molar-refractivity contribution is 7.89. The van der Waals surface area contributed by atoms with Gasteiger partial charge in [0.1, 0.15) is 0 Å². The van der Waals surface area contributed by atoms with Gasteiger partial charge in [-0.2, -0.15) is 4.98 Å². The van der Waals surface area contributed by atoms with Gasteiger partial charge >= 0.3 is 5.97 Å². The summed E-state index contributed by atoms with van der Waals surface area (Å²) in [6.07, 6.45) is 3.21. The van der Waals surface area contributed by atoms with E-state index in [-0.39, 0.29) is 29.5 Å². The number of hydrogen-bond donors (Lipinski definition) is 1. The van der Waals surface area contributed by atoms with Gasteiger partial charge in [0, 0.05) is 29.4 Å². The van der Waals surface area contributed by atoms with Gasteiger partial charge in [0.05, 0.1) is 10.5 Å². The second-order valence-electron chi connectivity index (χ2n) is 6.26. The maximum absolute atomic E-state index is 12.5. The van der Waals surface area contributed by atoms with Crippen LogP contribution in [0.1, 0.15) is 21.1 Å². The van der Waals surface area contributed by atoms with Crippen molar-refractivity contribution >= 4 is 27.3 Å². The molecule has 158 valence electrons. The zero-order valence-electron chi connectivity index (χ0n) is 16.0. The highest BCUT2D eigenvalue weighted by Crippen LogP contribution is 2.17. The molecule has 0 aliphatic heterocycles. The molecule has 3 aromatic heterocycles. The SMILES string of the molecule is O=C(OCc1nc(-c2cccnc2)no1)c1cccc(S(=O)(=O)NCc2cccs2)c1. The molecule has 1 N–H and O–H groups in total. The van der Waals surface area contributed by atoms with Crippen LogP contribution in [0.3, 0.4) is 0 Å². The largest absolute Gasteiger partial charge is 0.452 e. The lowest BCUT2D eigenvalue weighted by molar-refractivity contribution is 0.0429. The van der Waals surface area contributed by atoms with Crippen molar-refractivity contribution in [2.45, 2.75) is 18.0 Å². The zero-order valence-corrected chi connectivity index (χ0v) is 17.6. The number of ether oxygens (including phenoxy) is 1. The van der Waals surface area contributed by atoms with Crippen LogP contribution in [0.25, 0.3) is 11.4 Å². The molecule has 0 saturated heterocycles. The van der Waals surface area contributed by atoms with Gasteiger partial charge in [0.25, 0.3) is 5.89 Å². The topological polar surface area (TPSA) is 124 Å². The summed E-state index contributed by atoms with van der Waals surface area (Å²) in [7, 11) is -3.78. The van der Waals surface area contributed by atoms with Gasteiger partial charge in [-0.05, 0) is 41.8 Å².